The molecule has 0 amide bonds. The molecule has 6 heteroatoms. The van der Waals surface area contributed by atoms with Crippen molar-refractivity contribution < 1.29 is 9.90 Å². The maximum Gasteiger partial charge on any atom is 0.303 e. The Kier molecular flexibility index (Phi) is 6.52. The van der Waals surface area contributed by atoms with E-state index in [1.165, 1.54) is 32.8 Å². The number of pyridine rings is 1. The number of rotatable bonds is 6. The summed E-state index contributed by atoms with van der Waals surface area (Å²) in [6.07, 6.45) is 6.46. The number of aliphatic carboxylic acids is 1. The predicted molar refractivity (Wildman–Crippen MR) is 134 cm³/mol. The highest BCUT2D eigenvalue weighted by Gasteiger charge is 2.25. The highest BCUT2D eigenvalue weighted by molar-refractivity contribution is 7.98. The predicted octanol–water partition coefficient (Wildman–Crippen LogP) is 6.18. The van der Waals surface area contributed by atoms with Gasteiger partial charge in [-0.2, -0.15) is 0 Å². The van der Waals surface area contributed by atoms with Crippen LogP contribution in [0.4, 0.5) is 5.69 Å². The molecule has 1 fully saturated rings. The molecule has 4 rings (SSSR count). The van der Waals surface area contributed by atoms with Gasteiger partial charge < -0.3 is 10.0 Å². The number of aryl methyl sites for hydroxylation is 2. The average Bonchev–Trinajstić information content (AvgIpc) is 3.08. The van der Waals surface area contributed by atoms with Crippen molar-refractivity contribution >= 4 is 34.5 Å². The Morgan fingerprint density at radius 1 is 1.19 bits per heavy atom. The molecular weight excluding hydrogens is 418 g/mol. The van der Waals surface area contributed by atoms with E-state index in [1.807, 2.05) is 0 Å². The molecule has 0 spiro atoms. The van der Waals surface area contributed by atoms with Crippen molar-refractivity contribution in [3.8, 4) is 5.69 Å². The van der Waals surface area contributed by atoms with Gasteiger partial charge in [0.25, 0.3) is 0 Å². The molecular formula is C26H33N3O2S. The molecule has 0 bridgehead atoms. The Morgan fingerprint density at radius 3 is 2.53 bits per heavy atom. The van der Waals surface area contributed by atoms with Crippen LogP contribution in [0.1, 0.15) is 55.8 Å². The van der Waals surface area contributed by atoms with E-state index in [0.717, 1.165) is 37.3 Å². The van der Waals surface area contributed by atoms with Gasteiger partial charge in [0, 0.05) is 47.4 Å². The molecule has 32 heavy (non-hydrogen) atoms. The second kappa shape index (κ2) is 9.18. The van der Waals surface area contributed by atoms with E-state index in [0.29, 0.717) is 5.92 Å². The van der Waals surface area contributed by atoms with Gasteiger partial charge in [0.2, 0.25) is 0 Å². The van der Waals surface area contributed by atoms with Gasteiger partial charge in [-0.3, -0.25) is 9.36 Å². The summed E-state index contributed by atoms with van der Waals surface area (Å²) in [4.78, 5) is 19.7. The number of nitrogens with zero attached hydrogens (tertiary/aromatic N) is 3. The van der Waals surface area contributed by atoms with E-state index in [9.17, 15) is 4.79 Å². The summed E-state index contributed by atoms with van der Waals surface area (Å²) in [5, 5.41) is 10.3. The van der Waals surface area contributed by atoms with Crippen LogP contribution >= 0.6 is 11.8 Å². The molecule has 3 aromatic rings. The van der Waals surface area contributed by atoms with Crippen LogP contribution in [-0.2, 0) is 4.79 Å². The fourth-order valence-electron chi connectivity index (χ4n) is 4.82. The number of carboxylic acid groups (broad SMARTS) is 1. The van der Waals surface area contributed by atoms with Gasteiger partial charge in [0.15, 0.2) is 0 Å². The van der Waals surface area contributed by atoms with Crippen LogP contribution in [0.5, 0.6) is 0 Å². The van der Waals surface area contributed by atoms with Gasteiger partial charge in [0.05, 0.1) is 5.69 Å². The molecule has 0 atom stereocenters. The number of carbonyl (C=O) groups is 1. The Hall–Kier alpha value is -2.47. The second-order valence-corrected chi connectivity index (χ2v) is 10.1. The molecule has 0 saturated carbocycles. The number of hydrogen-bond acceptors (Lipinski definition) is 4. The van der Waals surface area contributed by atoms with E-state index in [1.54, 1.807) is 11.8 Å². The number of fused-ring (bicyclic) bond motifs is 1. The van der Waals surface area contributed by atoms with Crippen molar-refractivity contribution in [3.63, 3.8) is 0 Å². The summed E-state index contributed by atoms with van der Waals surface area (Å²) in [5.74, 6) is 0.0807. The third kappa shape index (κ3) is 4.38. The molecule has 0 radical (unpaired) electrons. The first-order valence-corrected chi connectivity index (χ1v) is 12.6. The highest BCUT2D eigenvalue weighted by atomic mass is 32.2. The van der Waals surface area contributed by atoms with Crippen LogP contribution < -0.4 is 4.90 Å². The maximum atomic E-state index is 11.1. The van der Waals surface area contributed by atoms with E-state index < -0.39 is 5.97 Å². The smallest absolute Gasteiger partial charge is 0.303 e. The fraction of sp³-hybridized carbons (Fsp3) is 0.462. The lowest BCUT2D eigenvalue weighted by Crippen LogP contribution is -2.34. The molecule has 0 unspecified atom stereocenters. The number of anilines is 1. The van der Waals surface area contributed by atoms with E-state index in [-0.39, 0.29) is 12.3 Å². The SMILES string of the molecule is CSc1cc(C(C)C)ccc1-n1cc(C)c2c(N3CCC(CC(=O)O)CC3)cc(C)nc21. The van der Waals surface area contributed by atoms with Crippen molar-refractivity contribution in [1.29, 1.82) is 0 Å². The first kappa shape index (κ1) is 22.7. The Labute approximate surface area is 194 Å². The Balaban J connectivity index is 1.76. The van der Waals surface area contributed by atoms with E-state index in [4.69, 9.17) is 10.1 Å². The summed E-state index contributed by atoms with van der Waals surface area (Å²) in [6.45, 7) is 10.5. The number of thioether (sulfide) groups is 1. The first-order chi connectivity index (χ1) is 15.3. The topological polar surface area (TPSA) is 58.4 Å². The van der Waals surface area contributed by atoms with E-state index >= 15 is 0 Å². The molecule has 1 saturated heterocycles. The number of benzene rings is 1. The monoisotopic (exact) mass is 451 g/mol. The van der Waals surface area contributed by atoms with Crippen LogP contribution in [0.15, 0.2) is 35.4 Å². The standard InChI is InChI=1S/C26H33N3O2S/c1-16(2)20-6-7-21(23(14-20)32-5)29-15-17(3)25-22(12-18(4)27-26(25)29)28-10-8-19(9-11-28)13-24(30)31/h6-7,12,14-16,19H,8-11,13H2,1-5H3,(H,30,31). The zero-order valence-corrected chi connectivity index (χ0v) is 20.5. The fourth-order valence-corrected chi connectivity index (χ4v) is 5.45. The molecule has 5 nitrogen and oxygen atoms in total. The Morgan fingerprint density at radius 2 is 1.91 bits per heavy atom. The first-order valence-electron chi connectivity index (χ1n) is 11.4. The molecule has 2 aromatic heterocycles. The van der Waals surface area contributed by atoms with Gasteiger partial charge in [-0.05, 0) is 74.1 Å². The number of aromatic nitrogens is 2. The number of piperidine rings is 1. The van der Waals surface area contributed by atoms with Gasteiger partial charge in [-0.1, -0.05) is 19.9 Å². The van der Waals surface area contributed by atoms with Gasteiger partial charge in [-0.25, -0.2) is 4.98 Å². The quantitative estimate of drug-likeness (QED) is 0.454. The lowest BCUT2D eigenvalue weighted by Gasteiger charge is -2.33. The summed E-state index contributed by atoms with van der Waals surface area (Å²) in [7, 11) is 0. The lowest BCUT2D eigenvalue weighted by molar-refractivity contribution is -0.138. The lowest BCUT2D eigenvalue weighted by atomic mass is 9.93. The second-order valence-electron chi connectivity index (χ2n) is 9.28. The van der Waals surface area contributed by atoms with Crippen molar-refractivity contribution in [3.05, 3.63) is 47.3 Å². The summed E-state index contributed by atoms with van der Waals surface area (Å²) in [5.41, 5.74) is 6.96. The third-order valence-electron chi connectivity index (χ3n) is 6.60. The minimum atomic E-state index is -0.688. The minimum Gasteiger partial charge on any atom is -0.481 e. The normalized spacial score (nSPS) is 15.1. The molecule has 1 aliphatic heterocycles. The van der Waals surface area contributed by atoms with Crippen LogP contribution in [0.25, 0.3) is 16.7 Å². The summed E-state index contributed by atoms with van der Waals surface area (Å²) < 4.78 is 2.24. The van der Waals surface area contributed by atoms with Crippen LogP contribution in [0, 0.1) is 19.8 Å². The summed E-state index contributed by atoms with van der Waals surface area (Å²) >= 11 is 1.77. The largest absolute Gasteiger partial charge is 0.481 e. The summed E-state index contributed by atoms with van der Waals surface area (Å²) in [6, 6.07) is 8.94. The van der Waals surface area contributed by atoms with Gasteiger partial charge >= 0.3 is 5.97 Å². The van der Waals surface area contributed by atoms with Crippen molar-refractivity contribution in [2.24, 2.45) is 5.92 Å². The molecule has 0 aliphatic carbocycles. The van der Waals surface area contributed by atoms with Gasteiger partial charge in [0.1, 0.15) is 5.65 Å². The zero-order chi connectivity index (χ0) is 23.0. The van der Waals surface area contributed by atoms with Crippen molar-refractivity contribution in [2.75, 3.05) is 24.2 Å². The maximum absolute atomic E-state index is 11.1. The number of hydrogen-bond donors (Lipinski definition) is 1. The molecule has 1 aromatic carbocycles. The average molecular weight is 452 g/mol. The van der Waals surface area contributed by atoms with Crippen molar-refractivity contribution in [2.45, 2.75) is 57.8 Å². The zero-order valence-electron chi connectivity index (χ0n) is 19.7. The van der Waals surface area contributed by atoms with Crippen LogP contribution in [0.2, 0.25) is 0 Å². The van der Waals surface area contributed by atoms with E-state index in [2.05, 4.69) is 73.9 Å². The van der Waals surface area contributed by atoms with Crippen LogP contribution in [-0.4, -0.2) is 40.0 Å². The van der Waals surface area contributed by atoms with Gasteiger partial charge in [-0.15, -0.1) is 11.8 Å². The molecule has 1 aliphatic rings. The molecule has 1 N–H and O–H groups in total. The van der Waals surface area contributed by atoms with Crippen molar-refractivity contribution in [1.82, 2.24) is 9.55 Å². The minimum absolute atomic E-state index is 0.275. The number of carboxylic acids is 1. The Bertz CT molecular complexity index is 1140. The third-order valence-corrected chi connectivity index (χ3v) is 7.37. The van der Waals surface area contributed by atoms with Crippen LogP contribution in [0.3, 0.4) is 0 Å². The molecule has 3 heterocycles. The molecule has 170 valence electrons. The highest BCUT2D eigenvalue weighted by Crippen LogP contribution is 2.37.